The van der Waals surface area contributed by atoms with Crippen molar-refractivity contribution in [3.63, 3.8) is 0 Å². The van der Waals surface area contributed by atoms with Crippen LogP contribution in [0.3, 0.4) is 0 Å². The van der Waals surface area contributed by atoms with Gasteiger partial charge in [-0.15, -0.1) is 24.0 Å². The number of alkyl halides is 3. The summed E-state index contributed by atoms with van der Waals surface area (Å²) in [4.78, 5) is 4.26. The van der Waals surface area contributed by atoms with Crippen LogP contribution in [-0.4, -0.2) is 39.9 Å². The minimum Gasteiger partial charge on any atom is -0.497 e. The van der Waals surface area contributed by atoms with Crippen LogP contribution < -0.4 is 15.4 Å². The molecule has 1 aliphatic heterocycles. The molecule has 0 atom stereocenters. The standard InChI is InChI=1S/C23H28F3N3O2.HI/c1-27-21(28-15-17-5-3-8-20(13-17)30-2)29-16-22(9-11-31-12-10-22)18-6-4-7-19(14-18)23(24,25)26;/h3-8,13-14H,9-12,15-16H2,1-2H3,(H2,27,28,29);1H. The number of halogens is 4. The molecule has 0 radical (unpaired) electrons. The number of guanidine groups is 1. The summed E-state index contributed by atoms with van der Waals surface area (Å²) in [5.74, 6) is 1.36. The van der Waals surface area contributed by atoms with Gasteiger partial charge in [0, 0.05) is 38.8 Å². The maximum atomic E-state index is 13.3. The Kier molecular flexibility index (Phi) is 9.63. The zero-order valence-electron chi connectivity index (χ0n) is 18.2. The predicted octanol–water partition coefficient (Wildman–Crippen LogP) is 4.75. The van der Waals surface area contributed by atoms with Gasteiger partial charge in [0.2, 0.25) is 0 Å². The van der Waals surface area contributed by atoms with Gasteiger partial charge >= 0.3 is 6.18 Å². The fraction of sp³-hybridized carbons (Fsp3) is 0.435. The third-order valence-electron chi connectivity index (χ3n) is 5.66. The van der Waals surface area contributed by atoms with Crippen molar-refractivity contribution in [1.82, 2.24) is 10.6 Å². The van der Waals surface area contributed by atoms with E-state index in [0.29, 0.717) is 50.7 Å². The summed E-state index contributed by atoms with van der Waals surface area (Å²) in [6, 6.07) is 13.3. The zero-order chi connectivity index (χ0) is 22.3. The summed E-state index contributed by atoms with van der Waals surface area (Å²) in [6.07, 6.45) is -3.10. The molecule has 2 N–H and O–H groups in total. The Labute approximate surface area is 203 Å². The van der Waals surface area contributed by atoms with Crippen molar-refractivity contribution >= 4 is 29.9 Å². The average Bonchev–Trinajstić information content (AvgIpc) is 2.79. The van der Waals surface area contributed by atoms with Gasteiger partial charge in [-0.3, -0.25) is 4.99 Å². The van der Waals surface area contributed by atoms with Crippen LogP contribution in [-0.2, 0) is 22.9 Å². The highest BCUT2D eigenvalue weighted by Crippen LogP contribution is 2.37. The summed E-state index contributed by atoms with van der Waals surface area (Å²) in [5, 5.41) is 6.56. The Balaban J connectivity index is 0.00000363. The first kappa shape index (κ1) is 26.2. The summed E-state index contributed by atoms with van der Waals surface area (Å²) >= 11 is 0. The Morgan fingerprint density at radius 2 is 1.81 bits per heavy atom. The van der Waals surface area contributed by atoms with E-state index in [-0.39, 0.29) is 24.0 Å². The third-order valence-corrected chi connectivity index (χ3v) is 5.66. The molecule has 2 aromatic rings. The van der Waals surface area contributed by atoms with Gasteiger partial charge in [-0.05, 0) is 42.2 Å². The van der Waals surface area contributed by atoms with Gasteiger partial charge in [-0.1, -0.05) is 30.3 Å². The second-order valence-corrected chi connectivity index (χ2v) is 7.60. The largest absolute Gasteiger partial charge is 0.497 e. The lowest BCUT2D eigenvalue weighted by Crippen LogP contribution is -2.48. The topological polar surface area (TPSA) is 54.9 Å². The molecule has 0 aromatic heterocycles. The summed E-state index contributed by atoms with van der Waals surface area (Å²) in [6.45, 7) is 2.01. The summed E-state index contributed by atoms with van der Waals surface area (Å²) in [7, 11) is 3.29. The van der Waals surface area contributed by atoms with Crippen molar-refractivity contribution in [3.05, 3.63) is 65.2 Å². The first-order valence-electron chi connectivity index (χ1n) is 10.2. The molecule has 32 heavy (non-hydrogen) atoms. The number of nitrogens with zero attached hydrogens (tertiary/aromatic N) is 1. The van der Waals surface area contributed by atoms with E-state index in [9.17, 15) is 13.2 Å². The first-order chi connectivity index (χ1) is 14.9. The second-order valence-electron chi connectivity index (χ2n) is 7.60. The van der Waals surface area contributed by atoms with Gasteiger partial charge in [0.25, 0.3) is 0 Å². The van der Waals surface area contributed by atoms with Crippen molar-refractivity contribution in [3.8, 4) is 5.75 Å². The van der Waals surface area contributed by atoms with Crippen LogP contribution in [0.2, 0.25) is 0 Å². The zero-order valence-corrected chi connectivity index (χ0v) is 20.5. The number of ether oxygens (including phenoxy) is 2. The molecule has 0 aliphatic carbocycles. The molecule has 1 aliphatic rings. The SMILES string of the molecule is CN=C(NCc1cccc(OC)c1)NCC1(c2cccc(C(F)(F)F)c2)CCOCC1.I. The van der Waals surface area contributed by atoms with E-state index in [1.54, 1.807) is 20.2 Å². The molecule has 176 valence electrons. The molecule has 0 spiro atoms. The lowest BCUT2D eigenvalue weighted by molar-refractivity contribution is -0.137. The number of nitrogens with one attached hydrogen (secondary N) is 2. The normalized spacial score (nSPS) is 16.1. The molecule has 9 heteroatoms. The van der Waals surface area contributed by atoms with E-state index in [1.807, 2.05) is 24.3 Å². The number of methoxy groups -OCH3 is 1. The van der Waals surface area contributed by atoms with E-state index in [1.165, 1.54) is 12.1 Å². The van der Waals surface area contributed by atoms with E-state index in [0.717, 1.165) is 17.4 Å². The highest BCUT2D eigenvalue weighted by Gasteiger charge is 2.37. The summed E-state index contributed by atoms with van der Waals surface area (Å²) in [5.41, 5.74) is 0.603. The Hall–Kier alpha value is -2.01. The third kappa shape index (κ3) is 6.74. The monoisotopic (exact) mass is 563 g/mol. The van der Waals surface area contributed by atoms with Crippen LogP contribution in [0.4, 0.5) is 13.2 Å². The number of hydrogen-bond donors (Lipinski definition) is 2. The molecule has 1 fully saturated rings. The average molecular weight is 563 g/mol. The maximum absolute atomic E-state index is 13.3. The fourth-order valence-electron chi connectivity index (χ4n) is 3.80. The van der Waals surface area contributed by atoms with Gasteiger partial charge in [0.1, 0.15) is 5.75 Å². The molecule has 0 saturated carbocycles. The molecule has 5 nitrogen and oxygen atoms in total. The highest BCUT2D eigenvalue weighted by atomic mass is 127. The molecule has 0 amide bonds. The smallest absolute Gasteiger partial charge is 0.416 e. The van der Waals surface area contributed by atoms with E-state index >= 15 is 0 Å². The van der Waals surface area contributed by atoms with E-state index < -0.39 is 17.2 Å². The molecular formula is C23H29F3IN3O2. The number of rotatable bonds is 6. The predicted molar refractivity (Wildman–Crippen MR) is 130 cm³/mol. The quantitative estimate of drug-likeness (QED) is 0.303. The first-order valence-corrected chi connectivity index (χ1v) is 10.2. The van der Waals surface area contributed by atoms with Crippen LogP contribution in [0.1, 0.15) is 29.5 Å². The van der Waals surface area contributed by atoms with Crippen molar-refractivity contribution < 1.29 is 22.6 Å². The number of aliphatic imine (C=N–C) groups is 1. The van der Waals surface area contributed by atoms with Crippen LogP contribution in [0, 0.1) is 0 Å². The van der Waals surface area contributed by atoms with Crippen LogP contribution in [0.5, 0.6) is 5.75 Å². The lowest BCUT2D eigenvalue weighted by Gasteiger charge is -2.38. The van der Waals surface area contributed by atoms with Crippen molar-refractivity contribution in [2.24, 2.45) is 4.99 Å². The van der Waals surface area contributed by atoms with Crippen molar-refractivity contribution in [2.45, 2.75) is 31.0 Å². The van der Waals surface area contributed by atoms with Crippen LogP contribution in [0.25, 0.3) is 0 Å². The van der Waals surface area contributed by atoms with Crippen molar-refractivity contribution in [2.75, 3.05) is 33.9 Å². The van der Waals surface area contributed by atoms with Gasteiger partial charge in [0.05, 0.1) is 12.7 Å². The van der Waals surface area contributed by atoms with Crippen LogP contribution in [0.15, 0.2) is 53.5 Å². The Bertz CT molecular complexity index is 900. The summed E-state index contributed by atoms with van der Waals surface area (Å²) < 4.78 is 50.5. The molecule has 0 unspecified atom stereocenters. The molecule has 1 heterocycles. The highest BCUT2D eigenvalue weighted by molar-refractivity contribution is 14.0. The molecule has 0 bridgehead atoms. The van der Waals surface area contributed by atoms with Gasteiger partial charge < -0.3 is 20.1 Å². The van der Waals surface area contributed by atoms with Gasteiger partial charge in [-0.25, -0.2) is 0 Å². The molecule has 2 aromatic carbocycles. The van der Waals surface area contributed by atoms with E-state index in [2.05, 4.69) is 15.6 Å². The van der Waals surface area contributed by atoms with Gasteiger partial charge in [-0.2, -0.15) is 13.2 Å². The lowest BCUT2D eigenvalue weighted by atomic mass is 9.73. The molecule has 1 saturated heterocycles. The number of benzene rings is 2. The minimum absolute atomic E-state index is 0. The number of hydrogen-bond acceptors (Lipinski definition) is 3. The van der Waals surface area contributed by atoms with Crippen LogP contribution >= 0.6 is 24.0 Å². The van der Waals surface area contributed by atoms with Gasteiger partial charge in [0.15, 0.2) is 5.96 Å². The minimum atomic E-state index is -4.37. The second kappa shape index (κ2) is 11.7. The Morgan fingerprint density at radius 1 is 1.09 bits per heavy atom. The van der Waals surface area contributed by atoms with E-state index in [4.69, 9.17) is 9.47 Å². The Morgan fingerprint density at radius 3 is 2.47 bits per heavy atom. The molecule has 3 rings (SSSR count). The molecular weight excluding hydrogens is 534 g/mol. The fourth-order valence-corrected chi connectivity index (χ4v) is 3.80. The maximum Gasteiger partial charge on any atom is 0.416 e. The van der Waals surface area contributed by atoms with Crippen molar-refractivity contribution in [1.29, 1.82) is 0 Å².